The van der Waals surface area contributed by atoms with E-state index in [1.807, 2.05) is 0 Å². The Morgan fingerprint density at radius 3 is 2.57 bits per heavy atom. The second-order valence-corrected chi connectivity index (χ2v) is 7.39. The standard InChI is InChI=1S/C13H11F3N6O4S.Na.H/c1-20-12(17-18-19-20)27-5-2-4-3-21(11(26)13(14,15)16)8-6(4)22(9(8)23)7(5)10(24)25;;/h4,6,8H,2-3H2,1H3,(H,24,25);;/q;+1;-1/t4-,6-,8+;;/m1../s1. The number of carbonyl (C=O) groups is 3. The van der Waals surface area contributed by atoms with E-state index < -0.39 is 42.0 Å². The van der Waals surface area contributed by atoms with Gasteiger partial charge in [-0.2, -0.15) is 13.2 Å². The average molecular weight is 428 g/mol. The fourth-order valence-corrected chi connectivity index (χ4v) is 4.82. The van der Waals surface area contributed by atoms with Gasteiger partial charge in [0.25, 0.3) is 5.91 Å². The van der Waals surface area contributed by atoms with Gasteiger partial charge < -0.3 is 11.4 Å². The first kappa shape index (κ1) is 21.1. The van der Waals surface area contributed by atoms with Gasteiger partial charge in [-0.05, 0) is 16.8 Å². The Kier molecular flexibility index (Phi) is 5.27. The Hall–Kier alpha value is -1.64. The second kappa shape index (κ2) is 7.00. The molecule has 0 radical (unpaired) electrons. The van der Waals surface area contributed by atoms with Crippen LogP contribution in [0.1, 0.15) is 7.85 Å². The number of carboxylic acid groups (broad SMARTS) is 1. The summed E-state index contributed by atoms with van der Waals surface area (Å²) in [6, 6.07) is -2.04. The zero-order chi connectivity index (χ0) is 19.7. The van der Waals surface area contributed by atoms with Crippen LogP contribution in [0.2, 0.25) is 0 Å². The molecule has 3 aliphatic heterocycles. The largest absolute Gasteiger partial charge is 1.00 e. The van der Waals surface area contributed by atoms with Crippen molar-refractivity contribution < 1.29 is 63.6 Å². The predicted octanol–water partition coefficient (Wildman–Crippen LogP) is -3.28. The fraction of sp³-hybridized carbons (Fsp3) is 0.538. The number of nitrogens with zero attached hydrogens (tertiary/aromatic N) is 6. The number of hydrogen-bond acceptors (Lipinski definition) is 7. The van der Waals surface area contributed by atoms with Gasteiger partial charge in [-0.25, -0.2) is 9.48 Å². The first-order valence-corrected chi connectivity index (χ1v) is 8.50. The van der Waals surface area contributed by atoms with Crippen LogP contribution in [-0.2, 0) is 21.4 Å². The third-order valence-electron chi connectivity index (χ3n) is 4.82. The molecule has 146 valence electrons. The van der Waals surface area contributed by atoms with Crippen molar-refractivity contribution in [1.82, 2.24) is 30.0 Å². The van der Waals surface area contributed by atoms with Crippen molar-refractivity contribution in [2.75, 3.05) is 6.54 Å². The van der Waals surface area contributed by atoms with Gasteiger partial charge in [0.2, 0.25) is 5.16 Å². The van der Waals surface area contributed by atoms with E-state index in [4.69, 9.17) is 0 Å². The summed E-state index contributed by atoms with van der Waals surface area (Å²) >= 11 is 0.935. The summed E-state index contributed by atoms with van der Waals surface area (Å²) in [5.41, 5.74) is -0.299. The molecule has 2 saturated heterocycles. The number of aliphatic carboxylic acids is 1. The monoisotopic (exact) mass is 428 g/mol. The minimum absolute atomic E-state index is 0. The Balaban J connectivity index is 0.00000150. The summed E-state index contributed by atoms with van der Waals surface area (Å²) in [7, 11) is 1.54. The van der Waals surface area contributed by atoms with Gasteiger partial charge in [0.1, 0.15) is 11.7 Å². The molecule has 2 amide bonds. The van der Waals surface area contributed by atoms with Crippen molar-refractivity contribution in [3.8, 4) is 0 Å². The summed E-state index contributed by atoms with van der Waals surface area (Å²) in [6.07, 6.45) is -5.00. The van der Waals surface area contributed by atoms with Crippen LogP contribution in [0.3, 0.4) is 0 Å². The van der Waals surface area contributed by atoms with E-state index in [-0.39, 0.29) is 59.7 Å². The number of carboxylic acids is 1. The van der Waals surface area contributed by atoms with E-state index in [0.29, 0.717) is 4.90 Å². The topological polar surface area (TPSA) is 122 Å². The van der Waals surface area contributed by atoms with Crippen LogP contribution in [0.5, 0.6) is 0 Å². The average Bonchev–Trinajstić information content (AvgIpc) is 3.13. The summed E-state index contributed by atoms with van der Waals surface area (Å²) in [6.45, 7) is -0.274. The number of aryl methyl sites for hydroxylation is 1. The van der Waals surface area contributed by atoms with E-state index in [0.717, 1.165) is 16.7 Å². The summed E-state index contributed by atoms with van der Waals surface area (Å²) < 4.78 is 39.8. The van der Waals surface area contributed by atoms with E-state index in [1.165, 1.54) is 4.68 Å². The van der Waals surface area contributed by atoms with Gasteiger partial charge in [0.15, 0.2) is 0 Å². The van der Waals surface area contributed by atoms with Gasteiger partial charge in [-0.3, -0.25) is 14.5 Å². The number of rotatable bonds is 3. The molecule has 0 aliphatic carbocycles. The van der Waals surface area contributed by atoms with Gasteiger partial charge in [0.05, 0.1) is 6.04 Å². The van der Waals surface area contributed by atoms with Crippen molar-refractivity contribution in [3.05, 3.63) is 10.6 Å². The number of hydrogen-bond donors (Lipinski definition) is 1. The van der Waals surface area contributed by atoms with Crippen molar-refractivity contribution in [1.29, 1.82) is 0 Å². The maximum atomic E-state index is 12.8. The van der Waals surface area contributed by atoms with Crippen LogP contribution in [0.25, 0.3) is 0 Å². The molecule has 0 unspecified atom stereocenters. The third-order valence-corrected chi connectivity index (χ3v) is 5.95. The summed E-state index contributed by atoms with van der Waals surface area (Å²) in [5.74, 6) is -4.78. The molecule has 4 heterocycles. The molecule has 1 aromatic rings. The normalized spacial score (nSPS) is 26.0. The van der Waals surface area contributed by atoms with E-state index in [1.54, 1.807) is 7.05 Å². The number of alkyl halides is 3. The molecular formula is C13H12F3N6NaO4S. The Morgan fingerprint density at radius 2 is 2.04 bits per heavy atom. The minimum Gasteiger partial charge on any atom is -1.00 e. The second-order valence-electron chi connectivity index (χ2n) is 6.33. The molecule has 0 spiro atoms. The number of likely N-dealkylation sites (tertiary alicyclic amines) is 1. The molecule has 10 nitrogen and oxygen atoms in total. The van der Waals surface area contributed by atoms with E-state index >= 15 is 0 Å². The number of aromatic nitrogens is 4. The zero-order valence-electron chi connectivity index (χ0n) is 15.5. The number of amides is 2. The molecule has 0 bridgehead atoms. The van der Waals surface area contributed by atoms with Gasteiger partial charge in [-0.15, -0.1) is 5.10 Å². The van der Waals surface area contributed by atoms with Gasteiger partial charge >= 0.3 is 47.6 Å². The number of allylic oxidation sites excluding steroid dienone is 1. The maximum Gasteiger partial charge on any atom is 1.00 e. The Bertz CT molecular complexity index is 911. The first-order valence-electron chi connectivity index (χ1n) is 7.68. The number of tetrazole rings is 1. The Labute approximate surface area is 182 Å². The summed E-state index contributed by atoms with van der Waals surface area (Å²) in [5, 5.41) is 20.6. The molecule has 3 atom stereocenters. The fourth-order valence-electron chi connectivity index (χ4n) is 3.77. The molecule has 15 heteroatoms. The third kappa shape index (κ3) is 3.02. The van der Waals surface area contributed by atoms with Crippen LogP contribution in [0.15, 0.2) is 15.8 Å². The van der Waals surface area contributed by atoms with Crippen molar-refractivity contribution in [3.63, 3.8) is 0 Å². The van der Waals surface area contributed by atoms with Crippen LogP contribution < -0.4 is 29.6 Å². The summed E-state index contributed by atoms with van der Waals surface area (Å²) in [4.78, 5) is 37.6. The van der Waals surface area contributed by atoms with Gasteiger partial charge in [0, 0.05) is 24.4 Å². The molecule has 0 saturated carbocycles. The minimum atomic E-state index is -5.10. The van der Waals surface area contributed by atoms with Crippen LogP contribution in [0.4, 0.5) is 13.2 Å². The van der Waals surface area contributed by atoms with E-state index in [2.05, 4.69) is 15.5 Å². The Morgan fingerprint density at radius 1 is 1.36 bits per heavy atom. The number of thioether (sulfide) groups is 1. The molecule has 0 aromatic carbocycles. The number of β-lactam (4-membered cyclic amide) rings is 1. The first-order chi connectivity index (χ1) is 12.6. The van der Waals surface area contributed by atoms with Crippen LogP contribution >= 0.6 is 11.8 Å². The zero-order valence-corrected chi connectivity index (χ0v) is 17.4. The number of carbonyl (C=O) groups excluding carboxylic acids is 2. The molecule has 28 heavy (non-hydrogen) atoms. The number of halogens is 3. The molecule has 1 aromatic heterocycles. The SMILES string of the molecule is Cn1nnnc1SC1=C(C(=O)O)N2C(=O)[C@@H]3[C@H]2[C@H](C1)CN3C(=O)C(F)(F)F.[H-].[Na+]. The quantitative estimate of drug-likeness (QED) is 0.393. The van der Waals surface area contributed by atoms with Crippen molar-refractivity contribution in [2.24, 2.45) is 13.0 Å². The molecule has 3 aliphatic rings. The molecule has 4 rings (SSSR count). The van der Waals surface area contributed by atoms with Gasteiger partial charge in [-0.1, -0.05) is 11.8 Å². The maximum absolute atomic E-state index is 12.8. The molecular weight excluding hydrogens is 416 g/mol. The van der Waals surface area contributed by atoms with E-state index in [9.17, 15) is 32.7 Å². The van der Waals surface area contributed by atoms with Crippen molar-refractivity contribution in [2.45, 2.75) is 29.8 Å². The predicted molar refractivity (Wildman–Crippen MR) is 80.7 cm³/mol. The molecule has 2 fully saturated rings. The van der Waals surface area contributed by atoms with Crippen LogP contribution in [0, 0.1) is 5.92 Å². The van der Waals surface area contributed by atoms with Crippen LogP contribution in [-0.4, -0.2) is 77.7 Å². The molecule has 1 N–H and O–H groups in total. The smallest absolute Gasteiger partial charge is 1.00 e. The van der Waals surface area contributed by atoms with Crippen molar-refractivity contribution >= 4 is 29.5 Å².